The van der Waals surface area contributed by atoms with Crippen molar-refractivity contribution in [3.63, 3.8) is 0 Å². The Kier molecular flexibility index (Phi) is 4.45. The maximum Gasteiger partial charge on any atom is 0.390 e. The van der Waals surface area contributed by atoms with E-state index in [0.717, 1.165) is 25.9 Å². The minimum Gasteiger partial charge on any atom is -0.308 e. The number of alkyl halides is 3. The van der Waals surface area contributed by atoms with Crippen molar-refractivity contribution in [3.05, 3.63) is 0 Å². The van der Waals surface area contributed by atoms with Gasteiger partial charge in [-0.2, -0.15) is 13.2 Å². The van der Waals surface area contributed by atoms with Crippen molar-refractivity contribution in [2.75, 3.05) is 19.6 Å². The van der Waals surface area contributed by atoms with Crippen LogP contribution in [0.15, 0.2) is 0 Å². The molecule has 0 aromatic heterocycles. The topological polar surface area (TPSA) is 15.3 Å². The van der Waals surface area contributed by atoms with Crippen LogP contribution in [-0.2, 0) is 0 Å². The number of piperazine rings is 1. The molecule has 0 aromatic rings. The molecule has 1 saturated carbocycles. The van der Waals surface area contributed by atoms with Crippen LogP contribution in [0.2, 0.25) is 0 Å². The van der Waals surface area contributed by atoms with Gasteiger partial charge in [-0.3, -0.25) is 4.90 Å². The van der Waals surface area contributed by atoms with E-state index >= 15 is 0 Å². The maximum atomic E-state index is 12.4. The molecule has 0 spiro atoms. The first-order valence-corrected chi connectivity index (χ1v) is 7.40. The number of nitrogens with one attached hydrogen (secondary N) is 1. The van der Waals surface area contributed by atoms with Gasteiger partial charge in [-0.05, 0) is 32.1 Å². The summed E-state index contributed by atoms with van der Waals surface area (Å²) < 4.78 is 37.3. The van der Waals surface area contributed by atoms with E-state index in [1.54, 1.807) is 0 Å². The van der Waals surface area contributed by atoms with Crippen molar-refractivity contribution < 1.29 is 13.2 Å². The van der Waals surface area contributed by atoms with Gasteiger partial charge in [0, 0.05) is 31.2 Å². The summed E-state index contributed by atoms with van der Waals surface area (Å²) in [5, 5.41) is 3.60. The van der Waals surface area contributed by atoms with E-state index in [0.29, 0.717) is 5.92 Å². The molecule has 2 fully saturated rings. The zero-order valence-electron chi connectivity index (χ0n) is 11.9. The van der Waals surface area contributed by atoms with E-state index < -0.39 is 12.6 Å². The number of hydrogen-bond donors (Lipinski definition) is 1. The highest BCUT2D eigenvalue weighted by molar-refractivity contribution is 5.04. The molecule has 1 N–H and O–H groups in total. The first kappa shape index (κ1) is 15.1. The van der Waals surface area contributed by atoms with Crippen molar-refractivity contribution in [3.8, 4) is 0 Å². The van der Waals surface area contributed by atoms with Crippen molar-refractivity contribution in [2.24, 2.45) is 5.92 Å². The number of halogens is 3. The van der Waals surface area contributed by atoms with Crippen LogP contribution in [0.5, 0.6) is 0 Å². The second-order valence-corrected chi connectivity index (χ2v) is 6.35. The minimum absolute atomic E-state index is 0.0237. The molecule has 2 aliphatic rings. The van der Waals surface area contributed by atoms with Crippen LogP contribution >= 0.6 is 0 Å². The third-order valence-electron chi connectivity index (χ3n) is 4.57. The lowest BCUT2D eigenvalue weighted by atomic mass is 9.90. The molecule has 1 saturated heterocycles. The summed E-state index contributed by atoms with van der Waals surface area (Å²) >= 11 is 0. The fourth-order valence-electron chi connectivity index (χ4n) is 3.23. The van der Waals surface area contributed by atoms with Gasteiger partial charge in [-0.25, -0.2) is 0 Å². The third-order valence-corrected chi connectivity index (χ3v) is 4.57. The second-order valence-electron chi connectivity index (χ2n) is 6.35. The van der Waals surface area contributed by atoms with Crippen molar-refractivity contribution in [2.45, 2.75) is 63.7 Å². The molecule has 1 heterocycles. The molecule has 0 amide bonds. The Morgan fingerprint density at radius 1 is 1.32 bits per heavy atom. The van der Waals surface area contributed by atoms with E-state index in [4.69, 9.17) is 0 Å². The van der Waals surface area contributed by atoms with Gasteiger partial charge in [-0.1, -0.05) is 13.3 Å². The number of rotatable bonds is 5. The number of hydrogen-bond acceptors (Lipinski definition) is 2. The molecule has 5 heteroatoms. The lowest BCUT2D eigenvalue weighted by Gasteiger charge is -2.47. The molecule has 19 heavy (non-hydrogen) atoms. The Hall–Kier alpha value is -0.290. The van der Waals surface area contributed by atoms with E-state index in [2.05, 4.69) is 24.1 Å². The molecule has 1 aliphatic heterocycles. The van der Waals surface area contributed by atoms with Crippen LogP contribution in [0.25, 0.3) is 0 Å². The van der Waals surface area contributed by atoms with Crippen LogP contribution in [-0.4, -0.2) is 42.3 Å². The SMILES string of the molecule is CCCC1CNC(C)(C2CC2)CN1CCC(F)(F)F. The van der Waals surface area contributed by atoms with Crippen molar-refractivity contribution in [1.82, 2.24) is 10.2 Å². The van der Waals surface area contributed by atoms with Gasteiger partial charge in [0.05, 0.1) is 6.42 Å². The quantitative estimate of drug-likeness (QED) is 0.831. The maximum absolute atomic E-state index is 12.4. The predicted molar refractivity (Wildman–Crippen MR) is 70.1 cm³/mol. The molecule has 0 radical (unpaired) electrons. The Bertz CT molecular complexity index is 302. The normalized spacial score (nSPS) is 33.6. The molecule has 2 rings (SSSR count). The molecule has 2 nitrogen and oxygen atoms in total. The summed E-state index contributed by atoms with van der Waals surface area (Å²) in [6.07, 6.45) is -0.295. The zero-order valence-corrected chi connectivity index (χ0v) is 11.9. The van der Waals surface area contributed by atoms with Gasteiger partial charge < -0.3 is 5.32 Å². The number of nitrogens with zero attached hydrogens (tertiary/aromatic N) is 1. The lowest BCUT2D eigenvalue weighted by Crippen LogP contribution is -2.64. The van der Waals surface area contributed by atoms with Crippen LogP contribution in [0.1, 0.15) is 46.0 Å². The highest BCUT2D eigenvalue weighted by Gasteiger charge is 2.46. The fraction of sp³-hybridized carbons (Fsp3) is 1.00. The Labute approximate surface area is 113 Å². The molecule has 2 unspecified atom stereocenters. The molecule has 112 valence electrons. The van der Waals surface area contributed by atoms with Gasteiger partial charge in [-0.15, -0.1) is 0 Å². The van der Waals surface area contributed by atoms with Crippen LogP contribution < -0.4 is 5.32 Å². The summed E-state index contributed by atoms with van der Waals surface area (Å²) in [6.45, 7) is 6.01. The van der Waals surface area contributed by atoms with E-state index in [1.807, 2.05) is 0 Å². The van der Waals surface area contributed by atoms with Gasteiger partial charge in [0.25, 0.3) is 0 Å². The largest absolute Gasteiger partial charge is 0.390 e. The second kappa shape index (κ2) is 5.60. The Morgan fingerprint density at radius 2 is 2.00 bits per heavy atom. The van der Waals surface area contributed by atoms with Gasteiger partial charge >= 0.3 is 6.18 Å². The first-order chi connectivity index (χ1) is 8.84. The smallest absolute Gasteiger partial charge is 0.308 e. The monoisotopic (exact) mass is 278 g/mol. The predicted octanol–water partition coefficient (Wildman–Crippen LogP) is 3.18. The fourth-order valence-corrected chi connectivity index (χ4v) is 3.23. The summed E-state index contributed by atoms with van der Waals surface area (Å²) in [4.78, 5) is 2.08. The highest BCUT2D eigenvalue weighted by atomic mass is 19.4. The Balaban J connectivity index is 1.95. The van der Waals surface area contributed by atoms with Crippen molar-refractivity contribution in [1.29, 1.82) is 0 Å². The van der Waals surface area contributed by atoms with E-state index in [1.165, 1.54) is 12.8 Å². The molecule has 0 aromatic carbocycles. The molecular formula is C14H25F3N2. The van der Waals surface area contributed by atoms with Crippen LogP contribution in [0, 0.1) is 5.92 Å². The molecule has 2 atom stereocenters. The summed E-state index contributed by atoms with van der Waals surface area (Å²) in [5.74, 6) is 0.656. The summed E-state index contributed by atoms with van der Waals surface area (Å²) in [5.41, 5.74) is 0.0237. The van der Waals surface area contributed by atoms with Gasteiger partial charge in [0.1, 0.15) is 0 Å². The standard InChI is InChI=1S/C14H25F3N2/c1-3-4-12-9-18-13(2,11-5-6-11)10-19(12)8-7-14(15,16)17/h11-12,18H,3-10H2,1-2H3. The van der Waals surface area contributed by atoms with Gasteiger partial charge in [0.15, 0.2) is 0 Å². The average molecular weight is 278 g/mol. The molecule has 0 bridgehead atoms. The minimum atomic E-state index is -4.04. The molecular weight excluding hydrogens is 253 g/mol. The van der Waals surface area contributed by atoms with Crippen LogP contribution in [0.3, 0.4) is 0 Å². The molecule has 1 aliphatic carbocycles. The third kappa shape index (κ3) is 4.09. The summed E-state index contributed by atoms with van der Waals surface area (Å²) in [6, 6.07) is 0.263. The Morgan fingerprint density at radius 3 is 2.53 bits per heavy atom. The van der Waals surface area contributed by atoms with Crippen molar-refractivity contribution >= 4 is 0 Å². The highest BCUT2D eigenvalue weighted by Crippen LogP contribution is 2.41. The average Bonchev–Trinajstić information content (AvgIpc) is 3.13. The lowest BCUT2D eigenvalue weighted by molar-refractivity contribution is -0.141. The summed E-state index contributed by atoms with van der Waals surface area (Å²) in [7, 11) is 0. The first-order valence-electron chi connectivity index (χ1n) is 7.40. The van der Waals surface area contributed by atoms with Gasteiger partial charge in [0.2, 0.25) is 0 Å². The van der Waals surface area contributed by atoms with Crippen LogP contribution in [0.4, 0.5) is 13.2 Å². The van der Waals surface area contributed by atoms with E-state index in [-0.39, 0.29) is 18.1 Å². The van der Waals surface area contributed by atoms with E-state index in [9.17, 15) is 13.2 Å². The zero-order chi connectivity index (χ0) is 14.1.